The maximum atomic E-state index is 12.0. The van der Waals surface area contributed by atoms with Crippen LogP contribution in [0.4, 0.5) is 4.79 Å². The van der Waals surface area contributed by atoms with Gasteiger partial charge in [-0.3, -0.25) is 14.3 Å². The highest BCUT2D eigenvalue weighted by Gasteiger charge is 2.29. The van der Waals surface area contributed by atoms with Crippen LogP contribution in [-0.4, -0.2) is 78.2 Å². The predicted molar refractivity (Wildman–Crippen MR) is 142 cm³/mol. The van der Waals surface area contributed by atoms with Crippen molar-refractivity contribution in [3.63, 3.8) is 0 Å². The third kappa shape index (κ3) is 8.88. The van der Waals surface area contributed by atoms with E-state index in [1.54, 1.807) is 10.4 Å². The normalized spacial score (nSPS) is 21.7. The number of rotatable bonds is 4. The van der Waals surface area contributed by atoms with Crippen LogP contribution < -0.4 is 5.48 Å². The van der Waals surface area contributed by atoms with E-state index in [0.29, 0.717) is 38.5 Å². The lowest BCUT2D eigenvalue weighted by atomic mass is 9.87. The number of nitrogens with one attached hydrogen (secondary N) is 1. The standard InChI is InChI=1S/C14H18N2S.C13H22N2O5/c1-11-9-12(10-15)3-4-14(11)13-5-7-16(17-2)8-6-13;16-12(14-18)10-3-6-15(7-4-10)13(17)20-11-2-1-8-19-9-5-11/h3-4,9,13H,5-8H2,1-2H3;10-11,18H,1-9H2,(H,14,16). The second-order valence-electron chi connectivity index (χ2n) is 9.86. The lowest BCUT2D eigenvalue weighted by Crippen LogP contribution is -2.43. The highest BCUT2D eigenvalue weighted by Crippen LogP contribution is 2.32. The third-order valence-electron chi connectivity index (χ3n) is 7.45. The molecule has 2 N–H and O–H groups in total. The van der Waals surface area contributed by atoms with Crippen molar-refractivity contribution < 1.29 is 24.3 Å². The zero-order valence-corrected chi connectivity index (χ0v) is 22.8. The molecule has 4 rings (SSSR count). The summed E-state index contributed by atoms with van der Waals surface area (Å²) in [7, 11) is 0. The summed E-state index contributed by atoms with van der Waals surface area (Å²) in [6, 6.07) is 8.31. The van der Waals surface area contributed by atoms with Crippen LogP contribution in [0.15, 0.2) is 18.2 Å². The molecule has 1 atom stereocenters. The van der Waals surface area contributed by atoms with Gasteiger partial charge in [-0.2, -0.15) is 5.26 Å². The van der Waals surface area contributed by atoms with Gasteiger partial charge in [0.25, 0.3) is 0 Å². The van der Waals surface area contributed by atoms with E-state index in [1.807, 2.05) is 24.1 Å². The lowest BCUT2D eigenvalue weighted by molar-refractivity contribution is -0.134. The largest absolute Gasteiger partial charge is 0.446 e. The molecule has 0 saturated carbocycles. The molecular formula is C27H40N4O5S. The quantitative estimate of drug-likeness (QED) is 0.336. The van der Waals surface area contributed by atoms with Gasteiger partial charge in [0.2, 0.25) is 5.91 Å². The molecule has 37 heavy (non-hydrogen) atoms. The smallest absolute Gasteiger partial charge is 0.410 e. The molecule has 204 valence electrons. The lowest BCUT2D eigenvalue weighted by Gasteiger charge is -2.31. The number of nitriles is 1. The average Bonchev–Trinajstić information content (AvgIpc) is 3.21. The fourth-order valence-corrected chi connectivity index (χ4v) is 5.75. The molecule has 0 bridgehead atoms. The minimum Gasteiger partial charge on any atom is -0.446 e. The molecule has 3 aliphatic rings. The van der Waals surface area contributed by atoms with Crippen LogP contribution in [0.3, 0.4) is 0 Å². The van der Waals surface area contributed by atoms with E-state index in [-0.39, 0.29) is 24.0 Å². The van der Waals surface area contributed by atoms with Crippen molar-refractivity contribution in [2.24, 2.45) is 5.92 Å². The number of aryl methyl sites for hydroxylation is 1. The Morgan fingerprint density at radius 1 is 1.11 bits per heavy atom. The number of hydrogen-bond donors (Lipinski definition) is 2. The van der Waals surface area contributed by atoms with Gasteiger partial charge in [-0.15, -0.1) is 0 Å². The van der Waals surface area contributed by atoms with E-state index in [0.717, 1.165) is 31.4 Å². The average molecular weight is 533 g/mol. The first-order valence-corrected chi connectivity index (χ1v) is 14.4. The maximum Gasteiger partial charge on any atom is 0.410 e. The fourth-order valence-electron chi connectivity index (χ4n) is 5.18. The summed E-state index contributed by atoms with van der Waals surface area (Å²) in [6.07, 6.45) is 7.84. The third-order valence-corrected chi connectivity index (χ3v) is 8.33. The van der Waals surface area contributed by atoms with E-state index in [9.17, 15) is 9.59 Å². The Labute approximate surface area is 224 Å². The number of hydrogen-bond acceptors (Lipinski definition) is 8. The predicted octanol–water partition coefficient (Wildman–Crippen LogP) is 4.23. The Bertz CT molecular complexity index is 916. The summed E-state index contributed by atoms with van der Waals surface area (Å²) in [5.41, 5.74) is 5.14. The van der Waals surface area contributed by atoms with Crippen molar-refractivity contribution in [1.29, 1.82) is 5.26 Å². The molecule has 1 unspecified atom stereocenters. The van der Waals surface area contributed by atoms with Gasteiger partial charge in [-0.25, -0.2) is 10.3 Å². The molecule has 0 spiro atoms. The topological polar surface area (TPSA) is 115 Å². The Morgan fingerprint density at radius 3 is 2.46 bits per heavy atom. The van der Waals surface area contributed by atoms with Gasteiger partial charge in [0.05, 0.1) is 18.2 Å². The Kier molecular flexibility index (Phi) is 12.0. The van der Waals surface area contributed by atoms with Crippen LogP contribution in [0.1, 0.15) is 67.6 Å². The first-order valence-electron chi connectivity index (χ1n) is 13.2. The van der Waals surface area contributed by atoms with Gasteiger partial charge in [0, 0.05) is 45.1 Å². The summed E-state index contributed by atoms with van der Waals surface area (Å²) in [5, 5.41) is 17.5. The molecule has 9 nitrogen and oxygen atoms in total. The Hall–Kier alpha value is -2.32. The number of hydroxylamine groups is 1. The molecule has 0 aromatic heterocycles. The first kappa shape index (κ1) is 29.2. The van der Waals surface area contributed by atoms with Crippen molar-refractivity contribution in [3.8, 4) is 6.07 Å². The molecule has 3 heterocycles. The zero-order valence-electron chi connectivity index (χ0n) is 22.0. The number of ether oxygens (including phenoxy) is 2. The van der Waals surface area contributed by atoms with Crippen molar-refractivity contribution in [1.82, 2.24) is 14.7 Å². The summed E-state index contributed by atoms with van der Waals surface area (Å²) < 4.78 is 13.2. The second kappa shape index (κ2) is 15.2. The van der Waals surface area contributed by atoms with Gasteiger partial charge < -0.3 is 14.4 Å². The molecule has 1 aromatic rings. The molecule has 3 fully saturated rings. The maximum absolute atomic E-state index is 12.0. The number of benzene rings is 1. The second-order valence-corrected chi connectivity index (χ2v) is 10.7. The molecule has 10 heteroatoms. The molecule has 3 aliphatic heterocycles. The monoisotopic (exact) mass is 532 g/mol. The van der Waals surface area contributed by atoms with Gasteiger partial charge in [-0.1, -0.05) is 18.0 Å². The van der Waals surface area contributed by atoms with E-state index < -0.39 is 0 Å². The van der Waals surface area contributed by atoms with E-state index in [2.05, 4.69) is 29.6 Å². The highest BCUT2D eigenvalue weighted by atomic mass is 32.2. The highest BCUT2D eigenvalue weighted by molar-refractivity contribution is 7.96. The van der Waals surface area contributed by atoms with Gasteiger partial charge in [0.15, 0.2) is 0 Å². The van der Waals surface area contributed by atoms with Crippen LogP contribution >= 0.6 is 11.9 Å². The van der Waals surface area contributed by atoms with Crippen molar-refractivity contribution >= 4 is 23.9 Å². The van der Waals surface area contributed by atoms with E-state index >= 15 is 0 Å². The first-order chi connectivity index (χ1) is 17.9. The SMILES string of the molecule is CSN1CCC(c2ccc(C#N)cc2C)CC1.O=C(NO)C1CCN(C(=O)OC2CCCOCC2)CC1. The van der Waals surface area contributed by atoms with Crippen LogP contribution in [0, 0.1) is 24.2 Å². The number of carbonyl (C=O) groups is 2. The van der Waals surface area contributed by atoms with Crippen LogP contribution in [0.25, 0.3) is 0 Å². The van der Waals surface area contributed by atoms with Gasteiger partial charge >= 0.3 is 6.09 Å². The Morgan fingerprint density at radius 2 is 1.84 bits per heavy atom. The molecular weight excluding hydrogens is 492 g/mol. The number of likely N-dealkylation sites (tertiary alicyclic amines) is 1. The van der Waals surface area contributed by atoms with E-state index in [4.69, 9.17) is 19.9 Å². The summed E-state index contributed by atoms with van der Waals surface area (Å²) in [5.74, 6) is 0.0698. The van der Waals surface area contributed by atoms with Gasteiger partial charge in [-0.05, 0) is 80.9 Å². The molecule has 3 saturated heterocycles. The minimum atomic E-state index is -0.376. The summed E-state index contributed by atoms with van der Waals surface area (Å²) >= 11 is 1.84. The summed E-state index contributed by atoms with van der Waals surface area (Å²) in [4.78, 5) is 25.0. The molecule has 0 radical (unpaired) electrons. The van der Waals surface area contributed by atoms with Crippen LogP contribution in [0.2, 0.25) is 0 Å². The molecule has 2 amide bonds. The van der Waals surface area contributed by atoms with Crippen LogP contribution in [0.5, 0.6) is 0 Å². The van der Waals surface area contributed by atoms with Gasteiger partial charge in [0.1, 0.15) is 6.10 Å². The van der Waals surface area contributed by atoms with E-state index in [1.165, 1.54) is 37.1 Å². The van der Waals surface area contributed by atoms with Crippen molar-refractivity contribution in [2.75, 3.05) is 45.6 Å². The number of amides is 2. The minimum absolute atomic E-state index is 0.0662. The molecule has 1 aromatic carbocycles. The van der Waals surface area contributed by atoms with Crippen molar-refractivity contribution in [3.05, 3.63) is 34.9 Å². The zero-order chi connectivity index (χ0) is 26.6. The van der Waals surface area contributed by atoms with Crippen LogP contribution in [-0.2, 0) is 14.3 Å². The molecule has 0 aliphatic carbocycles. The number of nitrogens with zero attached hydrogens (tertiary/aromatic N) is 3. The summed E-state index contributed by atoms with van der Waals surface area (Å²) in [6.45, 7) is 6.81. The number of piperidine rings is 2. The van der Waals surface area contributed by atoms with Crippen molar-refractivity contribution in [2.45, 2.75) is 63.9 Å². The number of carbonyl (C=O) groups excluding carboxylic acids is 2. The Balaban J connectivity index is 0.000000208. The fraction of sp³-hybridized carbons (Fsp3) is 0.667.